The number of hydrogen-bond acceptors (Lipinski definition) is 3. The fourth-order valence-corrected chi connectivity index (χ4v) is 0.906. The monoisotopic (exact) mass is 216 g/mol. The first-order valence-electron chi connectivity index (χ1n) is 5.36. The van der Waals surface area contributed by atoms with Crippen LogP contribution in [0.2, 0.25) is 0 Å². The van der Waals surface area contributed by atoms with Crippen LogP contribution in [0.5, 0.6) is 0 Å². The highest BCUT2D eigenvalue weighted by Gasteiger charge is 2.28. The van der Waals surface area contributed by atoms with Crippen molar-refractivity contribution in [2.45, 2.75) is 52.7 Å². The Bertz CT molecular complexity index is 219. The van der Waals surface area contributed by atoms with Crippen LogP contribution in [0.3, 0.4) is 0 Å². The van der Waals surface area contributed by atoms with Gasteiger partial charge in [0.15, 0.2) is 0 Å². The molecule has 4 heteroatoms. The summed E-state index contributed by atoms with van der Waals surface area (Å²) in [6.07, 6.45) is 0.595. The van der Waals surface area contributed by atoms with Gasteiger partial charge in [0.2, 0.25) is 5.91 Å². The lowest BCUT2D eigenvalue weighted by molar-refractivity contribution is -0.125. The Hall–Kier alpha value is -0.610. The molecule has 2 atom stereocenters. The summed E-state index contributed by atoms with van der Waals surface area (Å²) in [4.78, 5) is 11.6. The summed E-state index contributed by atoms with van der Waals surface area (Å²) in [5, 5.41) is 12.4. The molecule has 1 amide bonds. The second-order valence-corrected chi connectivity index (χ2v) is 5.41. The molecule has 15 heavy (non-hydrogen) atoms. The zero-order valence-electron chi connectivity index (χ0n) is 10.4. The molecule has 0 spiro atoms. The molecule has 0 bridgehead atoms. The lowest BCUT2D eigenvalue weighted by Gasteiger charge is -2.28. The van der Waals surface area contributed by atoms with Crippen molar-refractivity contribution in [2.75, 3.05) is 6.54 Å². The third-order valence-electron chi connectivity index (χ3n) is 2.62. The summed E-state index contributed by atoms with van der Waals surface area (Å²) in [5.41, 5.74) is 4.66. The Kier molecular flexibility index (Phi) is 4.74. The minimum Gasteiger partial charge on any atom is -0.388 e. The third kappa shape index (κ3) is 5.14. The van der Waals surface area contributed by atoms with E-state index in [9.17, 15) is 9.90 Å². The highest BCUT2D eigenvalue weighted by atomic mass is 16.3. The fourth-order valence-electron chi connectivity index (χ4n) is 0.906. The summed E-state index contributed by atoms with van der Waals surface area (Å²) in [6.45, 7) is 9.54. The molecule has 0 aromatic rings. The van der Waals surface area contributed by atoms with E-state index in [1.54, 1.807) is 6.92 Å². The molecule has 0 fully saturated rings. The van der Waals surface area contributed by atoms with E-state index in [0.29, 0.717) is 6.42 Å². The maximum atomic E-state index is 11.6. The number of hydrogen-bond donors (Lipinski definition) is 3. The van der Waals surface area contributed by atoms with E-state index < -0.39 is 11.6 Å². The van der Waals surface area contributed by atoms with Gasteiger partial charge in [0.25, 0.3) is 0 Å². The lowest BCUT2D eigenvalue weighted by Crippen LogP contribution is -2.51. The Labute approximate surface area is 92.2 Å². The Morgan fingerprint density at radius 1 is 1.40 bits per heavy atom. The molecule has 4 N–H and O–H groups in total. The molecule has 0 saturated heterocycles. The smallest absolute Gasteiger partial charge is 0.237 e. The minimum atomic E-state index is -0.854. The number of carbonyl (C=O) groups is 1. The molecule has 0 aliphatic carbocycles. The van der Waals surface area contributed by atoms with Crippen LogP contribution in [0.1, 0.15) is 41.0 Å². The second kappa shape index (κ2) is 4.94. The summed E-state index contributed by atoms with van der Waals surface area (Å²) >= 11 is 0. The zero-order valence-corrected chi connectivity index (χ0v) is 10.4. The number of aliphatic hydroxyl groups is 1. The molecular formula is C11H24N2O2. The maximum Gasteiger partial charge on any atom is 0.237 e. The molecule has 0 radical (unpaired) electrons. The van der Waals surface area contributed by atoms with Crippen LogP contribution in [-0.2, 0) is 4.79 Å². The van der Waals surface area contributed by atoms with Gasteiger partial charge in [0.1, 0.15) is 0 Å². The van der Waals surface area contributed by atoms with Crippen molar-refractivity contribution in [1.29, 1.82) is 0 Å². The largest absolute Gasteiger partial charge is 0.388 e. The van der Waals surface area contributed by atoms with Crippen LogP contribution in [0.4, 0.5) is 0 Å². The second-order valence-electron chi connectivity index (χ2n) is 5.41. The van der Waals surface area contributed by atoms with E-state index in [0.717, 1.165) is 0 Å². The van der Waals surface area contributed by atoms with E-state index in [1.807, 2.05) is 27.7 Å². The van der Waals surface area contributed by atoms with Crippen LogP contribution in [0.25, 0.3) is 0 Å². The quantitative estimate of drug-likeness (QED) is 0.645. The fraction of sp³-hybridized carbons (Fsp3) is 0.909. The van der Waals surface area contributed by atoms with Gasteiger partial charge in [0.05, 0.1) is 11.6 Å². The molecule has 4 nitrogen and oxygen atoms in total. The third-order valence-corrected chi connectivity index (χ3v) is 2.62. The van der Waals surface area contributed by atoms with Gasteiger partial charge in [0, 0.05) is 6.54 Å². The molecule has 90 valence electrons. The molecular weight excluding hydrogens is 192 g/mol. The Morgan fingerprint density at radius 2 is 1.87 bits per heavy atom. The highest BCUT2D eigenvalue weighted by molar-refractivity contribution is 5.82. The normalized spacial score (nSPS) is 18.1. The van der Waals surface area contributed by atoms with Gasteiger partial charge in [-0.15, -0.1) is 0 Å². The maximum absolute atomic E-state index is 11.6. The zero-order chi connectivity index (χ0) is 12.3. The van der Waals surface area contributed by atoms with E-state index in [2.05, 4.69) is 5.32 Å². The predicted octanol–water partition coefficient (Wildman–Crippen LogP) is 0.637. The molecule has 0 rings (SSSR count). The van der Waals surface area contributed by atoms with Crippen molar-refractivity contribution in [3.63, 3.8) is 0 Å². The first-order valence-corrected chi connectivity index (χ1v) is 5.36. The topological polar surface area (TPSA) is 75.3 Å². The number of carbonyl (C=O) groups excluding carboxylic acids is 1. The van der Waals surface area contributed by atoms with Gasteiger partial charge in [-0.3, -0.25) is 4.79 Å². The summed E-state index contributed by atoms with van der Waals surface area (Å²) < 4.78 is 0. The average Bonchev–Trinajstić information content (AvgIpc) is 2.11. The van der Waals surface area contributed by atoms with Crippen LogP contribution in [0.15, 0.2) is 0 Å². The van der Waals surface area contributed by atoms with Gasteiger partial charge < -0.3 is 16.2 Å². The molecule has 0 saturated carbocycles. The molecule has 0 aromatic heterocycles. The molecule has 1 unspecified atom stereocenters. The number of nitrogens with one attached hydrogen (secondary N) is 1. The van der Waals surface area contributed by atoms with Crippen LogP contribution < -0.4 is 11.1 Å². The summed E-state index contributed by atoms with van der Waals surface area (Å²) in [7, 11) is 0. The van der Waals surface area contributed by atoms with E-state index >= 15 is 0 Å². The van der Waals surface area contributed by atoms with Crippen LogP contribution in [-0.4, -0.2) is 29.2 Å². The van der Waals surface area contributed by atoms with Crippen LogP contribution in [0, 0.1) is 5.41 Å². The van der Waals surface area contributed by atoms with Crippen molar-refractivity contribution in [2.24, 2.45) is 11.1 Å². The van der Waals surface area contributed by atoms with Gasteiger partial charge >= 0.3 is 0 Å². The van der Waals surface area contributed by atoms with Crippen molar-refractivity contribution < 1.29 is 9.90 Å². The Morgan fingerprint density at radius 3 is 2.20 bits per heavy atom. The summed E-state index contributed by atoms with van der Waals surface area (Å²) in [6, 6.07) is -0.551. The average molecular weight is 216 g/mol. The van der Waals surface area contributed by atoms with Gasteiger partial charge in [-0.05, 0) is 18.8 Å². The van der Waals surface area contributed by atoms with Crippen molar-refractivity contribution in [3.05, 3.63) is 0 Å². The van der Waals surface area contributed by atoms with E-state index in [1.165, 1.54) is 0 Å². The predicted molar refractivity (Wildman–Crippen MR) is 61.4 cm³/mol. The molecule has 0 heterocycles. The van der Waals surface area contributed by atoms with Gasteiger partial charge in [-0.1, -0.05) is 27.7 Å². The Balaban J connectivity index is 4.17. The first kappa shape index (κ1) is 14.4. The number of amides is 1. The first-order chi connectivity index (χ1) is 6.60. The SMILES string of the molecule is CCC(C)(O)CNC(=O)[C@@H](N)C(C)(C)C. The van der Waals surface area contributed by atoms with E-state index in [4.69, 9.17) is 5.73 Å². The highest BCUT2D eigenvalue weighted by Crippen LogP contribution is 2.17. The van der Waals surface area contributed by atoms with E-state index in [-0.39, 0.29) is 17.9 Å². The molecule has 0 aliphatic rings. The van der Waals surface area contributed by atoms with Crippen molar-refractivity contribution in [1.82, 2.24) is 5.32 Å². The summed E-state index contributed by atoms with van der Waals surface area (Å²) in [5.74, 6) is -0.212. The van der Waals surface area contributed by atoms with Crippen molar-refractivity contribution >= 4 is 5.91 Å². The van der Waals surface area contributed by atoms with Gasteiger partial charge in [-0.2, -0.15) is 0 Å². The molecule has 0 aromatic carbocycles. The van der Waals surface area contributed by atoms with Crippen LogP contribution >= 0.6 is 0 Å². The number of nitrogens with two attached hydrogens (primary N) is 1. The standard InChI is InChI=1S/C11H24N2O2/c1-6-11(5,15)7-13-9(14)8(12)10(2,3)4/h8,15H,6-7,12H2,1-5H3,(H,13,14)/t8-,11?/m1/s1. The minimum absolute atomic E-state index is 0.212. The number of rotatable bonds is 4. The lowest BCUT2D eigenvalue weighted by atomic mass is 9.87. The molecule has 0 aliphatic heterocycles. The van der Waals surface area contributed by atoms with Crippen molar-refractivity contribution in [3.8, 4) is 0 Å². The van der Waals surface area contributed by atoms with Gasteiger partial charge in [-0.25, -0.2) is 0 Å².